The van der Waals surface area contributed by atoms with Crippen molar-refractivity contribution in [3.63, 3.8) is 0 Å². The zero-order chi connectivity index (χ0) is 18.0. The minimum atomic E-state index is -2.51. The fourth-order valence-electron chi connectivity index (χ4n) is 1.03. The molecule has 0 saturated carbocycles. The van der Waals surface area contributed by atoms with E-state index in [2.05, 4.69) is 0 Å². The van der Waals surface area contributed by atoms with E-state index in [-0.39, 0.29) is 5.78 Å². The lowest BCUT2D eigenvalue weighted by atomic mass is 10.0. The summed E-state index contributed by atoms with van der Waals surface area (Å²) in [6.45, 7) is 6.18. The fourth-order valence-corrected chi connectivity index (χ4v) is 2.99. The molecule has 3 atom stereocenters. The normalized spacial score (nSPS) is 18.6. The summed E-state index contributed by atoms with van der Waals surface area (Å²) >= 11 is 0. The van der Waals surface area contributed by atoms with Gasteiger partial charge in [-0.3, -0.25) is 9.13 Å². The molecule has 0 aromatic carbocycles. The van der Waals surface area contributed by atoms with Crippen molar-refractivity contribution in [2.45, 2.75) is 32.2 Å². The lowest BCUT2D eigenvalue weighted by molar-refractivity contribution is -0.116. The van der Waals surface area contributed by atoms with E-state index in [0.717, 1.165) is 0 Å². The van der Waals surface area contributed by atoms with Crippen LogP contribution in [-0.4, -0.2) is 51.2 Å². The minimum absolute atomic E-state index is 0.0547. The Balaban J connectivity index is 0. The molecular formula is C13H28N2O5P2. The van der Waals surface area contributed by atoms with E-state index in [1.165, 1.54) is 27.8 Å². The maximum atomic E-state index is 11.4. The number of carbonyl (C=O) groups excluding carboxylic acids is 1. The van der Waals surface area contributed by atoms with Crippen LogP contribution in [0.15, 0.2) is 0 Å². The third-order valence-corrected chi connectivity index (χ3v) is 6.55. The Kier molecular flexibility index (Phi) is 11.1. The molecule has 7 nitrogen and oxygen atoms in total. The summed E-state index contributed by atoms with van der Waals surface area (Å²) in [6.07, 6.45) is 1.45. The molecule has 0 aliphatic carbocycles. The summed E-state index contributed by atoms with van der Waals surface area (Å²) in [5.41, 5.74) is 4.64. The van der Waals surface area contributed by atoms with Gasteiger partial charge in [0.15, 0.2) is 14.7 Å². The Morgan fingerprint density at radius 1 is 1.18 bits per heavy atom. The first-order valence-corrected chi connectivity index (χ1v) is 11.3. The monoisotopic (exact) mass is 354 g/mol. The molecule has 0 saturated heterocycles. The van der Waals surface area contributed by atoms with Crippen LogP contribution in [-0.2, 0) is 23.0 Å². The molecule has 2 N–H and O–H groups in total. The van der Waals surface area contributed by atoms with Gasteiger partial charge in [-0.05, 0) is 20.3 Å². The Bertz CT molecular complexity index is 485. The maximum absolute atomic E-state index is 11.4. The molecule has 130 valence electrons. The lowest BCUT2D eigenvalue weighted by Gasteiger charge is -2.17. The van der Waals surface area contributed by atoms with Crippen LogP contribution in [0, 0.1) is 11.3 Å². The smallest absolute Gasteiger partial charge is 0.200 e. The highest BCUT2D eigenvalue weighted by molar-refractivity contribution is 7.58. The van der Waals surface area contributed by atoms with E-state index in [0.29, 0.717) is 25.2 Å². The average molecular weight is 354 g/mol. The second-order valence-corrected chi connectivity index (χ2v) is 11.3. The van der Waals surface area contributed by atoms with Crippen molar-refractivity contribution in [3.8, 4) is 6.07 Å². The second-order valence-electron chi connectivity index (χ2n) is 5.57. The molecule has 0 amide bonds. The molecule has 3 unspecified atom stereocenters. The number of nitriles is 1. The number of Topliss-reactive ketones (excluding diaryl/α,β-unsaturated/α-hetero) is 1. The second kappa shape index (κ2) is 10.3. The fraction of sp³-hybridized carbons (Fsp3) is 0.846. The zero-order valence-electron chi connectivity index (χ0n) is 14.3. The van der Waals surface area contributed by atoms with Gasteiger partial charge in [0.2, 0.25) is 0 Å². The van der Waals surface area contributed by atoms with E-state index in [1.54, 1.807) is 13.6 Å². The van der Waals surface area contributed by atoms with Crippen molar-refractivity contribution >= 4 is 20.5 Å². The van der Waals surface area contributed by atoms with Crippen LogP contribution in [0.4, 0.5) is 0 Å². The zero-order valence-corrected chi connectivity index (χ0v) is 16.1. The predicted molar refractivity (Wildman–Crippen MR) is 88.9 cm³/mol. The Morgan fingerprint density at radius 2 is 1.59 bits per heavy atom. The topological polar surface area (TPSA) is 119 Å². The third-order valence-electron chi connectivity index (χ3n) is 2.94. The highest BCUT2D eigenvalue weighted by atomic mass is 31.2. The van der Waals surface area contributed by atoms with Gasteiger partial charge < -0.3 is 19.6 Å². The molecule has 9 heteroatoms. The lowest BCUT2D eigenvalue weighted by Crippen LogP contribution is -2.34. The molecule has 0 rings (SSSR count). The summed E-state index contributed by atoms with van der Waals surface area (Å²) in [5.74, 6) is 0.0547. The van der Waals surface area contributed by atoms with Gasteiger partial charge in [0.25, 0.3) is 0 Å². The van der Waals surface area contributed by atoms with E-state index >= 15 is 0 Å². The van der Waals surface area contributed by atoms with Crippen molar-refractivity contribution < 1.29 is 23.0 Å². The van der Waals surface area contributed by atoms with Gasteiger partial charge in [0.1, 0.15) is 11.3 Å². The molecule has 0 bridgehead atoms. The van der Waals surface area contributed by atoms with Crippen LogP contribution < -0.4 is 5.73 Å². The highest BCUT2D eigenvalue weighted by Crippen LogP contribution is 2.42. The molecule has 0 fully saturated rings. The van der Waals surface area contributed by atoms with Crippen molar-refractivity contribution in [1.29, 1.82) is 5.26 Å². The van der Waals surface area contributed by atoms with Crippen molar-refractivity contribution in [1.82, 2.24) is 0 Å². The van der Waals surface area contributed by atoms with Crippen molar-refractivity contribution in [3.05, 3.63) is 0 Å². The Hall–Kier alpha value is -0.500. The summed E-state index contributed by atoms with van der Waals surface area (Å²) in [4.78, 5) is 10.4. The molecule has 0 heterocycles. The van der Waals surface area contributed by atoms with E-state index in [1.807, 2.05) is 6.07 Å². The van der Waals surface area contributed by atoms with Gasteiger partial charge in [-0.2, -0.15) is 5.26 Å². The van der Waals surface area contributed by atoms with Gasteiger partial charge in [-0.15, -0.1) is 0 Å². The van der Waals surface area contributed by atoms with Crippen LogP contribution >= 0.6 is 14.7 Å². The molecule has 0 aliphatic heterocycles. The maximum Gasteiger partial charge on any atom is 0.200 e. The Labute approximate surface area is 133 Å². The van der Waals surface area contributed by atoms with Crippen LogP contribution in [0.3, 0.4) is 0 Å². The van der Waals surface area contributed by atoms with Crippen LogP contribution in [0.5, 0.6) is 0 Å². The van der Waals surface area contributed by atoms with E-state index in [4.69, 9.17) is 20.0 Å². The quantitative estimate of drug-likeness (QED) is 0.665. The van der Waals surface area contributed by atoms with Gasteiger partial charge in [-0.1, -0.05) is 0 Å². The number of rotatable bonds is 8. The summed E-state index contributed by atoms with van der Waals surface area (Å²) in [5, 5.41) is 8.56. The van der Waals surface area contributed by atoms with Gasteiger partial charge in [0.05, 0.1) is 6.07 Å². The molecule has 22 heavy (non-hydrogen) atoms. The minimum Gasteiger partial charge on any atom is -0.332 e. The van der Waals surface area contributed by atoms with E-state index < -0.39 is 20.3 Å². The summed E-state index contributed by atoms with van der Waals surface area (Å²) < 4.78 is 31.9. The first-order valence-electron chi connectivity index (χ1n) is 6.75. The van der Waals surface area contributed by atoms with Crippen molar-refractivity contribution in [2.24, 2.45) is 5.73 Å². The average Bonchev–Trinajstić information content (AvgIpc) is 2.44. The summed E-state index contributed by atoms with van der Waals surface area (Å²) in [6, 6.07) is 1.94. The van der Waals surface area contributed by atoms with E-state index in [9.17, 15) is 13.9 Å². The van der Waals surface area contributed by atoms with Gasteiger partial charge in [-0.25, -0.2) is 0 Å². The number of nitrogens with zero attached hydrogens (tertiary/aromatic N) is 1. The van der Waals surface area contributed by atoms with Crippen LogP contribution in [0.2, 0.25) is 0 Å². The van der Waals surface area contributed by atoms with Crippen LogP contribution in [0.25, 0.3) is 0 Å². The van der Waals surface area contributed by atoms with Gasteiger partial charge >= 0.3 is 0 Å². The first kappa shape index (κ1) is 23.8. The number of hydrogen-bond acceptors (Lipinski definition) is 7. The van der Waals surface area contributed by atoms with Crippen LogP contribution in [0.1, 0.15) is 26.7 Å². The van der Waals surface area contributed by atoms with Gasteiger partial charge in [0, 0.05) is 46.3 Å². The number of carbonyl (C=O) groups is 1. The molecule has 0 aliphatic rings. The molecule has 0 aromatic rings. The number of hydrogen-bond donors (Lipinski definition) is 1. The van der Waals surface area contributed by atoms with Crippen molar-refractivity contribution in [2.75, 3.05) is 39.9 Å². The molecule has 0 aromatic heterocycles. The number of nitrogens with two attached hydrogens (primary N) is 1. The Morgan fingerprint density at radius 3 is 1.91 bits per heavy atom. The standard InChI is InChI=1S/C7H15N2O2P.C6H13O3P/c1-7(9,6-8)4-5-12(3,10)11-2;1-6(7)4-5-10(3,8)9-2/h4-5,9H2,1-3H3;4-5H2,1-3H3. The SMILES string of the molecule is COP(C)(=O)CCC(C)(N)C#N.COP(C)(=O)CCC(C)=O. The predicted octanol–water partition coefficient (Wildman–Crippen LogP) is 2.69. The molecule has 0 radical (unpaired) electrons. The number of ketones is 1. The summed E-state index contributed by atoms with van der Waals surface area (Å²) in [7, 11) is -2.15. The first-order chi connectivity index (χ1) is 9.81. The highest BCUT2D eigenvalue weighted by Gasteiger charge is 2.22. The largest absolute Gasteiger partial charge is 0.332 e. The third kappa shape index (κ3) is 14.4. The molecule has 0 spiro atoms. The molecular weight excluding hydrogens is 326 g/mol.